The van der Waals surface area contributed by atoms with Crippen molar-refractivity contribution in [3.05, 3.63) is 84.1 Å². The second-order valence-electron chi connectivity index (χ2n) is 5.54. The van der Waals surface area contributed by atoms with Crippen molar-refractivity contribution in [3.8, 4) is 0 Å². The lowest BCUT2D eigenvalue weighted by Crippen LogP contribution is -2.43. The molecule has 0 aromatic heterocycles. The fraction of sp³-hybridized carbons (Fsp3) is 0.150. The molecule has 2 aromatic rings. The lowest BCUT2D eigenvalue weighted by Gasteiger charge is -2.27. The Morgan fingerprint density at radius 3 is 2.08 bits per heavy atom. The molecule has 0 saturated heterocycles. The Bertz CT molecular complexity index is 813. The van der Waals surface area contributed by atoms with Crippen LogP contribution in [0.15, 0.2) is 73.0 Å². The summed E-state index contributed by atoms with van der Waals surface area (Å²) in [4.78, 5) is 36.3. The minimum absolute atomic E-state index is 0.226. The van der Waals surface area contributed by atoms with Crippen LogP contribution in [0.5, 0.6) is 0 Å². The number of hydrogen-bond donors (Lipinski definition) is 0. The first-order chi connectivity index (χ1) is 12.6. The highest BCUT2D eigenvalue weighted by molar-refractivity contribution is 5.98. The van der Waals surface area contributed by atoms with Crippen LogP contribution in [0, 0.1) is 0 Å². The normalized spacial score (nSPS) is 18.7. The summed E-state index contributed by atoms with van der Waals surface area (Å²) in [6, 6.07) is 16.7. The van der Waals surface area contributed by atoms with Gasteiger partial charge in [-0.1, -0.05) is 36.4 Å². The Morgan fingerprint density at radius 2 is 1.46 bits per heavy atom. The largest absolute Gasteiger partial charge is 0.490 e. The second-order valence-corrected chi connectivity index (χ2v) is 5.54. The van der Waals surface area contributed by atoms with Gasteiger partial charge < -0.3 is 14.2 Å². The molecule has 1 aliphatic rings. The second kappa shape index (κ2) is 8.11. The molecule has 0 aliphatic carbocycles. The highest BCUT2D eigenvalue weighted by Gasteiger charge is 2.35. The summed E-state index contributed by atoms with van der Waals surface area (Å²) < 4.78 is 15.8. The van der Waals surface area contributed by atoms with Crippen LogP contribution in [-0.4, -0.2) is 36.5 Å². The molecule has 2 aromatic carbocycles. The molecule has 6 heteroatoms. The van der Waals surface area contributed by atoms with Crippen molar-refractivity contribution in [2.75, 3.05) is 6.61 Å². The highest BCUT2D eigenvalue weighted by atomic mass is 16.6. The molecular weight excluding hydrogens is 336 g/mol. The summed E-state index contributed by atoms with van der Waals surface area (Å²) in [5, 5.41) is 0. The maximum absolute atomic E-state index is 12.2. The first-order valence-corrected chi connectivity index (χ1v) is 7.99. The molecule has 132 valence electrons. The monoisotopic (exact) mass is 352 g/mol. The van der Waals surface area contributed by atoms with E-state index in [2.05, 4.69) is 0 Å². The number of rotatable bonds is 5. The molecule has 3 rings (SSSR count). The van der Waals surface area contributed by atoms with E-state index in [1.54, 1.807) is 60.7 Å². The third-order valence-corrected chi connectivity index (χ3v) is 3.74. The molecule has 0 fully saturated rings. The summed E-state index contributed by atoms with van der Waals surface area (Å²) >= 11 is 0. The van der Waals surface area contributed by atoms with Crippen LogP contribution in [-0.2, 0) is 19.0 Å². The molecule has 0 unspecified atom stereocenters. The molecular formula is C20H16O6. The van der Waals surface area contributed by atoms with Crippen molar-refractivity contribution in [1.82, 2.24) is 0 Å². The number of ether oxygens (including phenoxy) is 3. The molecule has 1 aliphatic heterocycles. The topological polar surface area (TPSA) is 78.9 Å². The summed E-state index contributed by atoms with van der Waals surface area (Å²) in [6.45, 7) is -0.226. The molecule has 0 spiro atoms. The number of esters is 2. The van der Waals surface area contributed by atoms with E-state index in [9.17, 15) is 14.4 Å². The van der Waals surface area contributed by atoms with Crippen LogP contribution in [0.25, 0.3) is 0 Å². The van der Waals surface area contributed by atoms with E-state index in [-0.39, 0.29) is 6.61 Å². The molecule has 0 saturated carbocycles. The Kier molecular flexibility index (Phi) is 5.43. The lowest BCUT2D eigenvalue weighted by atomic mass is 10.1. The van der Waals surface area contributed by atoms with E-state index in [1.165, 1.54) is 12.3 Å². The SMILES string of the molecule is O=C(OC[C@H]1OC=CC(=O)[C@@H]1OC(=O)c1ccccc1)c1ccccc1. The predicted molar refractivity (Wildman–Crippen MR) is 91.4 cm³/mol. The van der Waals surface area contributed by atoms with Crippen LogP contribution >= 0.6 is 0 Å². The third kappa shape index (κ3) is 4.16. The first kappa shape index (κ1) is 17.4. The maximum atomic E-state index is 12.2. The fourth-order valence-corrected chi connectivity index (χ4v) is 2.39. The van der Waals surface area contributed by atoms with Gasteiger partial charge in [0.15, 0.2) is 6.10 Å². The van der Waals surface area contributed by atoms with E-state index < -0.39 is 29.9 Å². The van der Waals surface area contributed by atoms with Gasteiger partial charge in [-0.15, -0.1) is 0 Å². The minimum atomic E-state index is -1.18. The van der Waals surface area contributed by atoms with Gasteiger partial charge in [-0.05, 0) is 24.3 Å². The van der Waals surface area contributed by atoms with Gasteiger partial charge in [0, 0.05) is 6.08 Å². The van der Waals surface area contributed by atoms with Crippen molar-refractivity contribution in [2.45, 2.75) is 12.2 Å². The number of benzene rings is 2. The highest BCUT2D eigenvalue weighted by Crippen LogP contribution is 2.16. The molecule has 0 radical (unpaired) electrons. The van der Waals surface area contributed by atoms with Crippen LogP contribution in [0.2, 0.25) is 0 Å². The molecule has 0 amide bonds. The summed E-state index contributed by atoms with van der Waals surface area (Å²) in [7, 11) is 0. The molecule has 6 nitrogen and oxygen atoms in total. The summed E-state index contributed by atoms with van der Waals surface area (Å²) in [5.74, 6) is -1.63. The zero-order valence-corrected chi connectivity index (χ0v) is 13.7. The standard InChI is InChI=1S/C20H16O6/c21-16-11-12-24-17(13-25-19(22)14-7-3-1-4-8-14)18(16)26-20(23)15-9-5-2-6-10-15/h1-12,17-18H,13H2/t17-,18+/m1/s1. The van der Waals surface area contributed by atoms with Gasteiger partial charge in [-0.3, -0.25) is 4.79 Å². The van der Waals surface area contributed by atoms with Gasteiger partial charge in [-0.25, -0.2) is 9.59 Å². The number of carbonyl (C=O) groups excluding carboxylic acids is 3. The van der Waals surface area contributed by atoms with Gasteiger partial charge in [-0.2, -0.15) is 0 Å². The van der Waals surface area contributed by atoms with E-state index >= 15 is 0 Å². The zero-order valence-electron chi connectivity index (χ0n) is 13.7. The Morgan fingerprint density at radius 1 is 0.885 bits per heavy atom. The Hall–Kier alpha value is -3.41. The van der Waals surface area contributed by atoms with Crippen molar-refractivity contribution < 1.29 is 28.6 Å². The van der Waals surface area contributed by atoms with Crippen molar-refractivity contribution in [2.24, 2.45) is 0 Å². The zero-order chi connectivity index (χ0) is 18.4. The predicted octanol–water partition coefficient (Wildman–Crippen LogP) is 2.55. The van der Waals surface area contributed by atoms with E-state index in [0.29, 0.717) is 11.1 Å². The minimum Gasteiger partial charge on any atom is -0.490 e. The van der Waals surface area contributed by atoms with Crippen LogP contribution in [0.4, 0.5) is 0 Å². The first-order valence-electron chi connectivity index (χ1n) is 7.99. The van der Waals surface area contributed by atoms with Crippen LogP contribution < -0.4 is 0 Å². The van der Waals surface area contributed by atoms with Crippen molar-refractivity contribution in [1.29, 1.82) is 0 Å². The molecule has 26 heavy (non-hydrogen) atoms. The number of hydrogen-bond acceptors (Lipinski definition) is 6. The summed E-state index contributed by atoms with van der Waals surface area (Å²) in [5.41, 5.74) is 0.692. The summed E-state index contributed by atoms with van der Waals surface area (Å²) in [6.07, 6.45) is 0.290. The van der Waals surface area contributed by atoms with E-state index in [0.717, 1.165) is 0 Å². The van der Waals surface area contributed by atoms with E-state index in [4.69, 9.17) is 14.2 Å². The van der Waals surface area contributed by atoms with Crippen LogP contribution in [0.1, 0.15) is 20.7 Å². The quantitative estimate of drug-likeness (QED) is 0.770. The fourth-order valence-electron chi connectivity index (χ4n) is 2.39. The third-order valence-electron chi connectivity index (χ3n) is 3.74. The molecule has 2 atom stereocenters. The number of ketones is 1. The van der Waals surface area contributed by atoms with Gasteiger partial charge in [0.25, 0.3) is 0 Å². The number of carbonyl (C=O) groups is 3. The molecule has 0 bridgehead atoms. The van der Waals surface area contributed by atoms with Crippen LogP contribution in [0.3, 0.4) is 0 Å². The average Bonchev–Trinajstić information content (AvgIpc) is 2.69. The van der Waals surface area contributed by atoms with Gasteiger partial charge >= 0.3 is 11.9 Å². The van der Waals surface area contributed by atoms with Gasteiger partial charge in [0.2, 0.25) is 11.9 Å². The van der Waals surface area contributed by atoms with Crippen molar-refractivity contribution >= 4 is 17.7 Å². The lowest BCUT2D eigenvalue weighted by molar-refractivity contribution is -0.134. The van der Waals surface area contributed by atoms with E-state index in [1.807, 2.05) is 0 Å². The molecule has 0 N–H and O–H groups in total. The Labute approximate surface area is 150 Å². The Balaban J connectivity index is 1.65. The smallest absolute Gasteiger partial charge is 0.338 e. The van der Waals surface area contributed by atoms with Gasteiger partial charge in [0.1, 0.15) is 6.61 Å². The van der Waals surface area contributed by atoms with Crippen molar-refractivity contribution in [3.63, 3.8) is 0 Å². The molecule has 1 heterocycles. The maximum Gasteiger partial charge on any atom is 0.338 e. The average molecular weight is 352 g/mol. The van der Waals surface area contributed by atoms with Gasteiger partial charge in [0.05, 0.1) is 17.4 Å².